The average Bonchev–Trinajstić information content (AvgIpc) is 3.02. The molecule has 1 N–H and O–H groups in total. The Morgan fingerprint density at radius 3 is 2.63 bits per heavy atom. The molecule has 1 amide bonds. The van der Waals surface area contributed by atoms with E-state index in [2.05, 4.69) is 5.32 Å². The Labute approximate surface area is 158 Å². The van der Waals surface area contributed by atoms with Crippen LogP contribution in [0.15, 0.2) is 36.4 Å². The van der Waals surface area contributed by atoms with Crippen molar-refractivity contribution < 1.29 is 27.5 Å². The van der Waals surface area contributed by atoms with Crippen molar-refractivity contribution in [2.45, 2.75) is 25.1 Å². The van der Waals surface area contributed by atoms with Crippen molar-refractivity contribution in [1.82, 2.24) is 5.32 Å². The van der Waals surface area contributed by atoms with Gasteiger partial charge in [-0.15, -0.1) is 0 Å². The molecule has 1 aliphatic carbocycles. The third kappa shape index (κ3) is 3.78. The molecule has 1 atom stereocenters. The molecule has 1 aliphatic rings. The lowest BCUT2D eigenvalue weighted by Gasteiger charge is -2.17. The SMILES string of the molecule is COC(=O)c1ccc2c(c1)C(NC(=O)c1cccc(C(F)(F)F)c1Cl)CC2. The van der Waals surface area contributed by atoms with E-state index in [9.17, 15) is 22.8 Å². The number of carbonyl (C=O) groups is 2. The molecule has 0 radical (unpaired) electrons. The maximum absolute atomic E-state index is 13.0. The van der Waals surface area contributed by atoms with Crippen LogP contribution >= 0.6 is 11.6 Å². The predicted molar refractivity (Wildman–Crippen MR) is 92.8 cm³/mol. The lowest BCUT2D eigenvalue weighted by atomic mass is 10.0. The van der Waals surface area contributed by atoms with Crippen molar-refractivity contribution >= 4 is 23.5 Å². The largest absolute Gasteiger partial charge is 0.465 e. The van der Waals surface area contributed by atoms with Gasteiger partial charge in [-0.05, 0) is 48.2 Å². The Bertz CT molecular complexity index is 912. The highest BCUT2D eigenvalue weighted by Gasteiger charge is 2.35. The number of alkyl halides is 3. The van der Waals surface area contributed by atoms with Crippen LogP contribution in [0, 0.1) is 0 Å². The summed E-state index contributed by atoms with van der Waals surface area (Å²) in [5.41, 5.74) is 0.743. The second-order valence-corrected chi connectivity index (χ2v) is 6.51. The number of fused-ring (bicyclic) bond motifs is 1. The van der Waals surface area contributed by atoms with E-state index < -0.39 is 34.7 Å². The fourth-order valence-corrected chi connectivity index (χ4v) is 3.48. The summed E-state index contributed by atoms with van der Waals surface area (Å²) in [7, 11) is 1.27. The molecular formula is C19H15ClF3NO3. The molecule has 0 heterocycles. The topological polar surface area (TPSA) is 55.4 Å². The van der Waals surface area contributed by atoms with Gasteiger partial charge in [0.2, 0.25) is 0 Å². The summed E-state index contributed by atoms with van der Waals surface area (Å²) < 4.78 is 43.7. The standard InChI is InChI=1S/C19H15ClF3NO3/c1-27-18(26)11-6-5-10-7-8-15(13(10)9-11)24-17(25)12-3-2-4-14(16(12)20)19(21,22)23/h2-6,9,15H,7-8H2,1H3,(H,24,25). The zero-order valence-corrected chi connectivity index (χ0v) is 14.9. The lowest BCUT2D eigenvalue weighted by Crippen LogP contribution is -2.28. The third-order valence-electron chi connectivity index (χ3n) is 4.50. The van der Waals surface area contributed by atoms with Gasteiger partial charge in [0, 0.05) is 0 Å². The maximum atomic E-state index is 13.0. The summed E-state index contributed by atoms with van der Waals surface area (Å²) in [6, 6.07) is 7.83. The molecule has 8 heteroatoms. The van der Waals surface area contributed by atoms with Crippen molar-refractivity contribution in [2.75, 3.05) is 7.11 Å². The minimum absolute atomic E-state index is 0.246. The minimum atomic E-state index is -4.65. The van der Waals surface area contributed by atoms with Crippen molar-refractivity contribution in [3.05, 3.63) is 69.2 Å². The molecule has 0 fully saturated rings. The first-order chi connectivity index (χ1) is 12.7. The molecule has 4 nitrogen and oxygen atoms in total. The molecule has 1 unspecified atom stereocenters. The summed E-state index contributed by atoms with van der Waals surface area (Å²) in [5.74, 6) is -1.21. The van der Waals surface area contributed by atoms with Gasteiger partial charge >= 0.3 is 12.1 Å². The van der Waals surface area contributed by atoms with Gasteiger partial charge < -0.3 is 10.1 Å². The van der Waals surface area contributed by atoms with Gasteiger partial charge in [0.15, 0.2) is 0 Å². The van der Waals surface area contributed by atoms with Gasteiger partial charge in [0.1, 0.15) is 0 Å². The number of carbonyl (C=O) groups excluding carboxylic acids is 2. The molecule has 142 valence electrons. The predicted octanol–water partition coefficient (Wildman–Crippen LogP) is 4.56. The molecule has 0 saturated heterocycles. The Morgan fingerprint density at radius 1 is 1.22 bits per heavy atom. The Morgan fingerprint density at radius 2 is 1.96 bits per heavy atom. The third-order valence-corrected chi connectivity index (χ3v) is 4.91. The molecule has 3 rings (SSSR count). The lowest BCUT2D eigenvalue weighted by molar-refractivity contribution is -0.137. The number of hydrogen-bond donors (Lipinski definition) is 1. The van der Waals surface area contributed by atoms with Gasteiger partial charge in [0.05, 0.1) is 34.9 Å². The van der Waals surface area contributed by atoms with E-state index in [1.54, 1.807) is 18.2 Å². The number of ether oxygens (including phenoxy) is 1. The van der Waals surface area contributed by atoms with Crippen LogP contribution in [0.2, 0.25) is 5.02 Å². The van der Waals surface area contributed by atoms with Crippen LogP contribution in [0.1, 0.15) is 49.9 Å². The molecule has 0 aliphatic heterocycles. The second-order valence-electron chi connectivity index (χ2n) is 6.13. The zero-order chi connectivity index (χ0) is 19.8. The van der Waals surface area contributed by atoms with Gasteiger partial charge in [-0.1, -0.05) is 23.7 Å². The highest BCUT2D eigenvalue weighted by molar-refractivity contribution is 6.34. The van der Waals surface area contributed by atoms with E-state index in [0.717, 1.165) is 23.3 Å². The molecular weight excluding hydrogens is 383 g/mol. The molecule has 0 saturated carbocycles. The fraction of sp³-hybridized carbons (Fsp3) is 0.263. The smallest absolute Gasteiger partial charge is 0.417 e. The van der Waals surface area contributed by atoms with E-state index in [1.807, 2.05) is 0 Å². The van der Waals surface area contributed by atoms with Gasteiger partial charge in [0.25, 0.3) is 5.91 Å². The Balaban J connectivity index is 1.87. The van der Waals surface area contributed by atoms with Crippen LogP contribution in [0.25, 0.3) is 0 Å². The van der Waals surface area contributed by atoms with E-state index in [0.29, 0.717) is 18.4 Å². The number of methoxy groups -OCH3 is 1. The summed E-state index contributed by atoms with van der Waals surface area (Å²) in [4.78, 5) is 24.2. The van der Waals surface area contributed by atoms with Crippen LogP contribution in [0.4, 0.5) is 13.2 Å². The number of nitrogens with one attached hydrogen (secondary N) is 1. The number of rotatable bonds is 3. The van der Waals surface area contributed by atoms with E-state index in [1.165, 1.54) is 13.2 Å². The highest BCUT2D eigenvalue weighted by atomic mass is 35.5. The number of halogens is 4. The molecule has 0 bridgehead atoms. The summed E-state index contributed by atoms with van der Waals surface area (Å²) in [6.45, 7) is 0. The van der Waals surface area contributed by atoms with Crippen LogP contribution < -0.4 is 5.32 Å². The van der Waals surface area contributed by atoms with E-state index in [-0.39, 0.29) is 5.56 Å². The molecule has 2 aromatic carbocycles. The van der Waals surface area contributed by atoms with Crippen LogP contribution in [-0.4, -0.2) is 19.0 Å². The Kier molecular flexibility index (Phi) is 5.15. The average molecular weight is 398 g/mol. The first-order valence-corrected chi connectivity index (χ1v) is 8.48. The van der Waals surface area contributed by atoms with Crippen LogP contribution in [0.5, 0.6) is 0 Å². The maximum Gasteiger partial charge on any atom is 0.417 e. The first kappa shape index (κ1) is 19.2. The molecule has 0 spiro atoms. The molecule has 0 aromatic heterocycles. The van der Waals surface area contributed by atoms with E-state index >= 15 is 0 Å². The molecule has 2 aromatic rings. The zero-order valence-electron chi connectivity index (χ0n) is 14.2. The van der Waals surface area contributed by atoms with Crippen molar-refractivity contribution in [1.29, 1.82) is 0 Å². The fourth-order valence-electron chi connectivity index (χ4n) is 3.16. The van der Waals surface area contributed by atoms with Gasteiger partial charge in [-0.2, -0.15) is 13.2 Å². The second kappa shape index (κ2) is 7.23. The van der Waals surface area contributed by atoms with Crippen LogP contribution in [0.3, 0.4) is 0 Å². The van der Waals surface area contributed by atoms with Crippen LogP contribution in [-0.2, 0) is 17.3 Å². The summed E-state index contributed by atoms with van der Waals surface area (Å²) >= 11 is 5.82. The van der Waals surface area contributed by atoms with Crippen molar-refractivity contribution in [3.8, 4) is 0 Å². The normalized spacial score (nSPS) is 16.0. The van der Waals surface area contributed by atoms with Gasteiger partial charge in [-0.3, -0.25) is 4.79 Å². The van der Waals surface area contributed by atoms with Gasteiger partial charge in [-0.25, -0.2) is 4.79 Å². The number of benzene rings is 2. The quantitative estimate of drug-likeness (QED) is 0.772. The first-order valence-electron chi connectivity index (χ1n) is 8.10. The van der Waals surface area contributed by atoms with Crippen molar-refractivity contribution in [2.24, 2.45) is 0 Å². The van der Waals surface area contributed by atoms with Crippen molar-refractivity contribution in [3.63, 3.8) is 0 Å². The minimum Gasteiger partial charge on any atom is -0.465 e. The number of esters is 1. The molecule has 27 heavy (non-hydrogen) atoms. The summed E-state index contributed by atoms with van der Waals surface area (Å²) in [5, 5.41) is 2.08. The number of aryl methyl sites for hydroxylation is 1. The Hall–Kier alpha value is -2.54. The monoisotopic (exact) mass is 397 g/mol. The summed E-state index contributed by atoms with van der Waals surface area (Å²) in [6.07, 6.45) is -3.40. The highest BCUT2D eigenvalue weighted by Crippen LogP contribution is 2.37. The van der Waals surface area contributed by atoms with E-state index in [4.69, 9.17) is 16.3 Å². The number of amides is 1. The number of hydrogen-bond acceptors (Lipinski definition) is 3.